The Morgan fingerprint density at radius 3 is 2.58 bits per heavy atom. The Kier molecular flexibility index (Phi) is 5.07. The van der Waals surface area contributed by atoms with Crippen molar-refractivity contribution >= 4 is 5.82 Å². The molecule has 2 heterocycles. The van der Waals surface area contributed by atoms with E-state index in [1.807, 2.05) is 0 Å². The van der Waals surface area contributed by atoms with Crippen molar-refractivity contribution in [2.45, 2.75) is 6.61 Å². The van der Waals surface area contributed by atoms with E-state index in [1.165, 1.54) is 0 Å². The predicted octanol–water partition coefficient (Wildman–Crippen LogP) is -0.347. The maximum atomic E-state index is 9.09. The summed E-state index contributed by atoms with van der Waals surface area (Å²) in [5.74, 6) is 0.874. The molecule has 0 saturated carbocycles. The van der Waals surface area contributed by atoms with Crippen LogP contribution in [-0.4, -0.2) is 78.2 Å². The number of anilines is 1. The number of hydrogen-bond donors (Lipinski definition) is 1. The molecule has 0 spiro atoms. The second kappa shape index (κ2) is 6.79. The number of aromatic nitrogens is 2. The molecule has 0 aliphatic carbocycles. The molecular formula is C13H23N5O. The topological polar surface area (TPSA) is 55.7 Å². The van der Waals surface area contributed by atoms with Crippen molar-refractivity contribution in [3.05, 3.63) is 18.1 Å². The van der Waals surface area contributed by atoms with Gasteiger partial charge >= 0.3 is 0 Å². The van der Waals surface area contributed by atoms with Gasteiger partial charge in [-0.3, -0.25) is 9.88 Å². The Bertz CT molecular complexity index is 390. The molecule has 1 saturated heterocycles. The first kappa shape index (κ1) is 14.2. The number of likely N-dealkylation sites (N-methyl/N-ethyl adjacent to an activating group) is 1. The second-order valence-electron chi connectivity index (χ2n) is 5.16. The van der Waals surface area contributed by atoms with Crippen molar-refractivity contribution in [3.8, 4) is 0 Å². The van der Waals surface area contributed by atoms with Gasteiger partial charge in [-0.25, -0.2) is 4.98 Å². The molecule has 0 bridgehead atoms. The first-order chi connectivity index (χ1) is 9.19. The maximum Gasteiger partial charge on any atom is 0.147 e. The van der Waals surface area contributed by atoms with Gasteiger partial charge in [-0.15, -0.1) is 0 Å². The molecule has 0 amide bonds. The monoisotopic (exact) mass is 265 g/mol. The Balaban J connectivity index is 1.85. The van der Waals surface area contributed by atoms with E-state index < -0.39 is 0 Å². The van der Waals surface area contributed by atoms with Gasteiger partial charge in [0.15, 0.2) is 0 Å². The molecule has 1 aromatic heterocycles. The van der Waals surface area contributed by atoms with Gasteiger partial charge in [0.25, 0.3) is 0 Å². The quantitative estimate of drug-likeness (QED) is 0.785. The molecule has 0 unspecified atom stereocenters. The molecule has 1 aliphatic rings. The zero-order valence-corrected chi connectivity index (χ0v) is 11.8. The van der Waals surface area contributed by atoms with Gasteiger partial charge in [-0.2, -0.15) is 0 Å². The summed E-state index contributed by atoms with van der Waals surface area (Å²) in [5.41, 5.74) is 0.632. The highest BCUT2D eigenvalue weighted by Crippen LogP contribution is 2.12. The molecule has 1 N–H and O–H groups in total. The summed E-state index contributed by atoms with van der Waals surface area (Å²) < 4.78 is 0. The van der Waals surface area contributed by atoms with E-state index in [2.05, 4.69) is 38.8 Å². The summed E-state index contributed by atoms with van der Waals surface area (Å²) in [6.07, 6.45) is 3.38. The maximum absolute atomic E-state index is 9.09. The van der Waals surface area contributed by atoms with Crippen LogP contribution in [0.3, 0.4) is 0 Å². The van der Waals surface area contributed by atoms with Gasteiger partial charge in [0, 0.05) is 39.3 Å². The highest BCUT2D eigenvalue weighted by molar-refractivity contribution is 5.36. The van der Waals surface area contributed by atoms with Crippen molar-refractivity contribution in [1.29, 1.82) is 0 Å². The zero-order valence-electron chi connectivity index (χ0n) is 11.8. The highest BCUT2D eigenvalue weighted by Gasteiger charge is 2.18. The van der Waals surface area contributed by atoms with Crippen LogP contribution in [0.4, 0.5) is 5.82 Å². The molecule has 106 valence electrons. The van der Waals surface area contributed by atoms with Crippen LogP contribution in [0.15, 0.2) is 12.4 Å². The SMILES string of the molecule is CN(C)CCN1CCN(c2cncc(CO)n2)CC1. The summed E-state index contributed by atoms with van der Waals surface area (Å²) in [7, 11) is 4.21. The second-order valence-corrected chi connectivity index (χ2v) is 5.16. The van der Waals surface area contributed by atoms with Crippen LogP contribution in [-0.2, 0) is 6.61 Å². The lowest BCUT2D eigenvalue weighted by Gasteiger charge is -2.35. The molecule has 1 aliphatic heterocycles. The minimum absolute atomic E-state index is 0.0519. The lowest BCUT2D eigenvalue weighted by atomic mass is 10.3. The third-order valence-corrected chi connectivity index (χ3v) is 3.39. The van der Waals surface area contributed by atoms with Crippen molar-refractivity contribution in [2.75, 3.05) is 58.3 Å². The van der Waals surface area contributed by atoms with E-state index in [1.54, 1.807) is 12.4 Å². The average Bonchev–Trinajstić information content (AvgIpc) is 2.45. The van der Waals surface area contributed by atoms with Crippen LogP contribution >= 0.6 is 0 Å². The van der Waals surface area contributed by atoms with Crippen LogP contribution in [0.2, 0.25) is 0 Å². The summed E-state index contributed by atoms with van der Waals surface area (Å²) in [6.45, 7) is 6.21. The normalized spacial score (nSPS) is 17.2. The Hall–Kier alpha value is -1.24. The average molecular weight is 265 g/mol. The number of aliphatic hydroxyl groups excluding tert-OH is 1. The minimum atomic E-state index is -0.0519. The van der Waals surface area contributed by atoms with E-state index >= 15 is 0 Å². The number of hydrogen-bond acceptors (Lipinski definition) is 6. The first-order valence-corrected chi connectivity index (χ1v) is 6.73. The summed E-state index contributed by atoms with van der Waals surface area (Å²) in [6, 6.07) is 0. The molecule has 0 atom stereocenters. The molecule has 0 radical (unpaired) electrons. The fourth-order valence-corrected chi connectivity index (χ4v) is 2.17. The van der Waals surface area contributed by atoms with E-state index in [-0.39, 0.29) is 6.61 Å². The van der Waals surface area contributed by atoms with Gasteiger partial charge in [0.2, 0.25) is 0 Å². The molecule has 6 heteroatoms. The number of nitrogens with zero attached hydrogens (tertiary/aromatic N) is 5. The molecule has 2 rings (SSSR count). The van der Waals surface area contributed by atoms with Crippen molar-refractivity contribution < 1.29 is 5.11 Å². The Labute approximate surface area is 114 Å². The lowest BCUT2D eigenvalue weighted by molar-refractivity contribution is 0.229. The molecule has 19 heavy (non-hydrogen) atoms. The number of aliphatic hydroxyl groups is 1. The van der Waals surface area contributed by atoms with Crippen molar-refractivity contribution in [1.82, 2.24) is 19.8 Å². The van der Waals surface area contributed by atoms with E-state index in [0.717, 1.165) is 45.1 Å². The van der Waals surface area contributed by atoms with Crippen molar-refractivity contribution in [2.24, 2.45) is 0 Å². The van der Waals surface area contributed by atoms with Gasteiger partial charge in [-0.05, 0) is 14.1 Å². The molecule has 6 nitrogen and oxygen atoms in total. The summed E-state index contributed by atoms with van der Waals surface area (Å²) in [4.78, 5) is 15.4. The summed E-state index contributed by atoms with van der Waals surface area (Å²) >= 11 is 0. The van der Waals surface area contributed by atoms with E-state index in [0.29, 0.717) is 5.69 Å². The predicted molar refractivity (Wildman–Crippen MR) is 75.2 cm³/mol. The van der Waals surface area contributed by atoms with Gasteiger partial charge in [0.05, 0.1) is 24.7 Å². The molecular weight excluding hydrogens is 242 g/mol. The van der Waals surface area contributed by atoms with E-state index in [9.17, 15) is 0 Å². The first-order valence-electron chi connectivity index (χ1n) is 6.73. The van der Waals surface area contributed by atoms with Crippen LogP contribution < -0.4 is 4.90 Å². The standard InChI is InChI=1S/C13H23N5O/c1-16(2)3-4-17-5-7-18(8-6-17)13-10-14-9-12(11-19)15-13/h9-10,19H,3-8,11H2,1-2H3. The summed E-state index contributed by atoms with van der Waals surface area (Å²) in [5, 5.41) is 9.09. The van der Waals surface area contributed by atoms with Crippen LogP contribution in [0.1, 0.15) is 5.69 Å². The van der Waals surface area contributed by atoms with Gasteiger partial charge in [0.1, 0.15) is 5.82 Å². The minimum Gasteiger partial charge on any atom is -0.390 e. The fraction of sp³-hybridized carbons (Fsp3) is 0.692. The highest BCUT2D eigenvalue weighted by atomic mass is 16.3. The largest absolute Gasteiger partial charge is 0.390 e. The number of rotatable bonds is 5. The number of piperazine rings is 1. The smallest absolute Gasteiger partial charge is 0.147 e. The fourth-order valence-electron chi connectivity index (χ4n) is 2.17. The Morgan fingerprint density at radius 1 is 1.21 bits per heavy atom. The van der Waals surface area contributed by atoms with E-state index in [4.69, 9.17) is 5.11 Å². The van der Waals surface area contributed by atoms with Crippen LogP contribution in [0, 0.1) is 0 Å². The van der Waals surface area contributed by atoms with Crippen LogP contribution in [0.25, 0.3) is 0 Å². The zero-order chi connectivity index (χ0) is 13.7. The third-order valence-electron chi connectivity index (χ3n) is 3.39. The Morgan fingerprint density at radius 2 is 1.95 bits per heavy atom. The molecule has 1 fully saturated rings. The third kappa shape index (κ3) is 4.12. The lowest BCUT2D eigenvalue weighted by Crippen LogP contribution is -2.48. The van der Waals surface area contributed by atoms with Gasteiger partial charge in [-0.1, -0.05) is 0 Å². The molecule has 1 aromatic rings. The van der Waals surface area contributed by atoms with Crippen molar-refractivity contribution in [3.63, 3.8) is 0 Å². The van der Waals surface area contributed by atoms with Crippen LogP contribution in [0.5, 0.6) is 0 Å². The molecule has 0 aromatic carbocycles. The van der Waals surface area contributed by atoms with Gasteiger partial charge < -0.3 is 14.9 Å².